The van der Waals surface area contributed by atoms with Crippen LogP contribution in [-0.2, 0) is 0 Å². The Kier molecular flexibility index (Phi) is 3.57. The summed E-state index contributed by atoms with van der Waals surface area (Å²) in [6.07, 6.45) is 6.02. The molecule has 1 aromatic carbocycles. The normalized spacial score (nSPS) is 15.3. The second-order valence-electron chi connectivity index (χ2n) is 3.86. The van der Waals surface area contributed by atoms with E-state index < -0.39 is 0 Å². The SMILES string of the molecule is C(#Cc1ccccc1)C=[N+]1CCCCC1. The first kappa shape index (κ1) is 9.98. The molecule has 1 aliphatic rings. The molecule has 0 amide bonds. The highest BCUT2D eigenvalue weighted by Crippen LogP contribution is 2.02. The van der Waals surface area contributed by atoms with Crippen LogP contribution in [0.5, 0.6) is 0 Å². The van der Waals surface area contributed by atoms with E-state index in [0.29, 0.717) is 0 Å². The lowest BCUT2D eigenvalue weighted by Crippen LogP contribution is -2.20. The van der Waals surface area contributed by atoms with E-state index >= 15 is 0 Å². The van der Waals surface area contributed by atoms with Gasteiger partial charge in [-0.25, -0.2) is 4.58 Å². The van der Waals surface area contributed by atoms with Crippen LogP contribution in [0, 0.1) is 11.8 Å². The molecule has 0 saturated carbocycles. The zero-order chi connectivity index (χ0) is 10.3. The maximum atomic E-state index is 3.14. The number of nitrogens with zero attached hydrogens (tertiary/aromatic N) is 1. The molecular weight excluding hydrogens is 182 g/mol. The van der Waals surface area contributed by atoms with Gasteiger partial charge in [-0.15, -0.1) is 0 Å². The van der Waals surface area contributed by atoms with Gasteiger partial charge in [0.2, 0.25) is 6.21 Å². The molecule has 0 bridgehead atoms. The minimum Gasteiger partial charge on any atom is -0.229 e. The van der Waals surface area contributed by atoms with Gasteiger partial charge in [0, 0.05) is 18.4 Å². The molecule has 0 atom stereocenters. The van der Waals surface area contributed by atoms with Gasteiger partial charge in [0.25, 0.3) is 0 Å². The Morgan fingerprint density at radius 3 is 2.47 bits per heavy atom. The third-order valence-corrected chi connectivity index (χ3v) is 2.63. The van der Waals surface area contributed by atoms with E-state index in [1.165, 1.54) is 32.4 Å². The van der Waals surface area contributed by atoms with E-state index in [1.54, 1.807) is 0 Å². The number of hydrogen-bond donors (Lipinski definition) is 0. The van der Waals surface area contributed by atoms with Crippen LogP contribution in [0.4, 0.5) is 0 Å². The quantitative estimate of drug-likeness (QED) is 0.444. The van der Waals surface area contributed by atoms with Crippen molar-refractivity contribution in [1.29, 1.82) is 0 Å². The summed E-state index contributed by atoms with van der Waals surface area (Å²) in [6, 6.07) is 10.1. The maximum absolute atomic E-state index is 3.14. The minimum absolute atomic E-state index is 1.09. The van der Waals surface area contributed by atoms with Crippen molar-refractivity contribution >= 4 is 6.21 Å². The van der Waals surface area contributed by atoms with Gasteiger partial charge >= 0.3 is 0 Å². The molecule has 15 heavy (non-hydrogen) atoms. The minimum atomic E-state index is 1.09. The lowest BCUT2D eigenvalue weighted by molar-refractivity contribution is -0.531. The van der Waals surface area contributed by atoms with E-state index in [4.69, 9.17) is 0 Å². The average molecular weight is 198 g/mol. The van der Waals surface area contributed by atoms with Crippen LogP contribution in [-0.4, -0.2) is 23.9 Å². The molecule has 1 aromatic rings. The van der Waals surface area contributed by atoms with Crippen molar-refractivity contribution in [2.45, 2.75) is 19.3 Å². The van der Waals surface area contributed by atoms with E-state index in [-0.39, 0.29) is 0 Å². The Balaban J connectivity index is 2.00. The molecule has 0 unspecified atom stereocenters. The molecule has 76 valence electrons. The van der Waals surface area contributed by atoms with Crippen molar-refractivity contribution in [2.24, 2.45) is 0 Å². The van der Waals surface area contributed by atoms with Gasteiger partial charge in [-0.3, -0.25) is 0 Å². The monoisotopic (exact) mass is 198 g/mol. The fraction of sp³-hybridized carbons (Fsp3) is 0.357. The van der Waals surface area contributed by atoms with Crippen LogP contribution >= 0.6 is 0 Å². The predicted octanol–water partition coefficient (Wildman–Crippen LogP) is 2.31. The molecule has 1 heteroatoms. The molecule has 1 saturated heterocycles. The van der Waals surface area contributed by atoms with Crippen molar-refractivity contribution in [3.63, 3.8) is 0 Å². The summed E-state index contributed by atoms with van der Waals surface area (Å²) in [4.78, 5) is 0. The zero-order valence-corrected chi connectivity index (χ0v) is 8.95. The first-order valence-corrected chi connectivity index (χ1v) is 5.59. The average Bonchev–Trinajstić information content (AvgIpc) is 2.32. The molecule has 0 spiro atoms. The smallest absolute Gasteiger partial charge is 0.215 e. The largest absolute Gasteiger partial charge is 0.229 e. The molecule has 1 fully saturated rings. The maximum Gasteiger partial charge on any atom is 0.215 e. The molecule has 0 radical (unpaired) electrons. The topological polar surface area (TPSA) is 3.01 Å². The highest BCUT2D eigenvalue weighted by atomic mass is 15.0. The molecule has 0 aromatic heterocycles. The molecular formula is C14H16N+. The van der Waals surface area contributed by atoms with Crippen molar-refractivity contribution < 1.29 is 4.58 Å². The number of piperidine rings is 1. The Morgan fingerprint density at radius 1 is 1.00 bits per heavy atom. The summed E-state index contributed by atoms with van der Waals surface area (Å²) < 4.78 is 2.32. The van der Waals surface area contributed by atoms with Crippen LogP contribution in [0.15, 0.2) is 30.3 Å². The van der Waals surface area contributed by atoms with Gasteiger partial charge in [-0.05, 0) is 24.5 Å². The second-order valence-corrected chi connectivity index (χ2v) is 3.86. The summed E-state index contributed by atoms with van der Waals surface area (Å²) in [5.74, 6) is 6.27. The lowest BCUT2D eigenvalue weighted by atomic mass is 10.2. The summed E-state index contributed by atoms with van der Waals surface area (Å²) in [5.41, 5.74) is 1.09. The Labute approximate surface area is 91.4 Å². The highest BCUT2D eigenvalue weighted by molar-refractivity contribution is 5.75. The van der Waals surface area contributed by atoms with Crippen molar-refractivity contribution in [3.05, 3.63) is 35.9 Å². The van der Waals surface area contributed by atoms with E-state index in [0.717, 1.165) is 5.56 Å². The fourth-order valence-electron chi connectivity index (χ4n) is 1.78. The summed E-state index contributed by atoms with van der Waals surface area (Å²) in [6.45, 7) is 2.34. The van der Waals surface area contributed by atoms with Crippen LogP contribution in [0.3, 0.4) is 0 Å². The van der Waals surface area contributed by atoms with Gasteiger partial charge in [0.15, 0.2) is 0 Å². The summed E-state index contributed by atoms with van der Waals surface area (Å²) in [7, 11) is 0. The number of hydrogen-bond acceptors (Lipinski definition) is 0. The Bertz CT molecular complexity index is 384. The molecule has 1 nitrogen and oxygen atoms in total. The summed E-state index contributed by atoms with van der Waals surface area (Å²) in [5, 5.41) is 0. The third-order valence-electron chi connectivity index (χ3n) is 2.63. The van der Waals surface area contributed by atoms with E-state index in [2.05, 4.69) is 16.4 Å². The fourth-order valence-corrected chi connectivity index (χ4v) is 1.78. The van der Waals surface area contributed by atoms with Crippen molar-refractivity contribution in [3.8, 4) is 11.8 Å². The lowest BCUT2D eigenvalue weighted by Gasteiger charge is -2.07. The molecule has 1 aliphatic heterocycles. The first-order valence-electron chi connectivity index (χ1n) is 5.59. The van der Waals surface area contributed by atoms with E-state index in [1.807, 2.05) is 36.5 Å². The standard InChI is InChI=1S/C14H16N/c1-3-8-14(9-4-1)10-7-13-15-11-5-2-6-12-15/h1,3-4,8-9,13H,2,5-6,11-12H2/q+1. The third kappa shape index (κ3) is 3.25. The number of rotatable bonds is 0. The zero-order valence-electron chi connectivity index (χ0n) is 8.95. The second kappa shape index (κ2) is 5.36. The van der Waals surface area contributed by atoms with E-state index in [9.17, 15) is 0 Å². The van der Waals surface area contributed by atoms with Gasteiger partial charge in [0.1, 0.15) is 13.1 Å². The Hall–Kier alpha value is -1.55. The first-order chi connectivity index (χ1) is 7.45. The van der Waals surface area contributed by atoms with Crippen LogP contribution in [0.1, 0.15) is 24.8 Å². The van der Waals surface area contributed by atoms with Gasteiger partial charge in [0.05, 0.1) is 0 Å². The van der Waals surface area contributed by atoms with Gasteiger partial charge in [-0.1, -0.05) is 24.1 Å². The van der Waals surface area contributed by atoms with Gasteiger partial charge < -0.3 is 0 Å². The molecule has 1 heterocycles. The van der Waals surface area contributed by atoms with Gasteiger partial charge in [-0.2, -0.15) is 0 Å². The number of benzene rings is 1. The summed E-state index contributed by atoms with van der Waals surface area (Å²) >= 11 is 0. The molecule has 0 N–H and O–H groups in total. The van der Waals surface area contributed by atoms with Crippen LogP contribution in [0.2, 0.25) is 0 Å². The molecule has 2 rings (SSSR count). The Morgan fingerprint density at radius 2 is 1.73 bits per heavy atom. The molecule has 0 aliphatic carbocycles. The van der Waals surface area contributed by atoms with Crippen LogP contribution < -0.4 is 0 Å². The predicted molar refractivity (Wildman–Crippen MR) is 63.2 cm³/mol. The van der Waals surface area contributed by atoms with Crippen LogP contribution in [0.25, 0.3) is 0 Å². The van der Waals surface area contributed by atoms with Crippen molar-refractivity contribution in [1.82, 2.24) is 0 Å². The highest BCUT2D eigenvalue weighted by Gasteiger charge is 2.08. The van der Waals surface area contributed by atoms with Crippen molar-refractivity contribution in [2.75, 3.05) is 13.1 Å².